The zero-order valence-electron chi connectivity index (χ0n) is 57.8. The SMILES string of the molecule is CC(=O)CCC(=O)O.CCCCCCOC(=O)/N=C(/N)c1ccc(NCc2nc3cc(C(=O)N(CCC(=O)OCC)c4ccccn4)ccc3n2C)cc1.CCCCCCOC(=O)/N=C(/N)c1ccc(NCc2nc3cc(C(=O)N(CCC(=O)OCC)c4ccccn4)ccc3n2C)cc1. The summed E-state index contributed by atoms with van der Waals surface area (Å²) >= 11 is 0. The number of pyridine rings is 2. The number of amidine groups is 2. The van der Waals surface area contributed by atoms with E-state index in [1.807, 2.05) is 59.6 Å². The number of hydrogen-bond acceptors (Lipinski definition) is 18. The normalized spacial score (nSPS) is 11.1. The van der Waals surface area contributed by atoms with Crippen molar-refractivity contribution in [1.29, 1.82) is 0 Å². The molecule has 27 nitrogen and oxygen atoms in total. The van der Waals surface area contributed by atoms with Crippen LogP contribution in [0.25, 0.3) is 22.1 Å². The average molecular weight is 1370 g/mol. The molecule has 530 valence electrons. The molecule has 0 bridgehead atoms. The zero-order chi connectivity index (χ0) is 72.3. The fraction of sp³-hybridized carbons (Fsp3) is 0.370. The van der Waals surface area contributed by atoms with E-state index in [2.05, 4.69) is 44.4 Å². The maximum Gasteiger partial charge on any atom is 0.435 e. The summed E-state index contributed by atoms with van der Waals surface area (Å²) < 4.78 is 24.3. The number of carbonyl (C=O) groups is 8. The first-order chi connectivity index (χ1) is 48.2. The van der Waals surface area contributed by atoms with E-state index in [-0.39, 0.29) is 93.2 Å². The van der Waals surface area contributed by atoms with E-state index in [9.17, 15) is 38.4 Å². The van der Waals surface area contributed by atoms with E-state index in [4.69, 9.17) is 45.5 Å². The zero-order valence-corrected chi connectivity index (χ0v) is 57.8. The van der Waals surface area contributed by atoms with Crippen LogP contribution in [-0.4, -0.2) is 133 Å². The number of unbranched alkanes of at least 4 members (excludes halogenated alkanes) is 6. The first-order valence-electron chi connectivity index (χ1n) is 33.3. The van der Waals surface area contributed by atoms with Crippen molar-refractivity contribution >= 4 is 104 Å². The molecule has 0 saturated heterocycles. The molecule has 100 heavy (non-hydrogen) atoms. The van der Waals surface area contributed by atoms with Gasteiger partial charge in [0.1, 0.15) is 40.7 Å². The second kappa shape index (κ2) is 41.0. The van der Waals surface area contributed by atoms with Gasteiger partial charge in [-0.3, -0.25) is 33.8 Å². The van der Waals surface area contributed by atoms with E-state index < -0.39 is 18.2 Å². The van der Waals surface area contributed by atoms with Crippen LogP contribution in [-0.2, 0) is 65.3 Å². The number of nitrogens with two attached hydrogens (primary N) is 2. The van der Waals surface area contributed by atoms with Gasteiger partial charge >= 0.3 is 30.1 Å². The smallest absolute Gasteiger partial charge is 0.435 e. The van der Waals surface area contributed by atoms with Gasteiger partial charge in [0.2, 0.25) is 0 Å². The number of carboxylic acids is 1. The monoisotopic (exact) mass is 1370 g/mol. The van der Waals surface area contributed by atoms with E-state index in [1.54, 1.807) is 111 Å². The Balaban J connectivity index is 0.000000284. The van der Waals surface area contributed by atoms with Crippen molar-refractivity contribution in [3.8, 4) is 0 Å². The second-order valence-electron chi connectivity index (χ2n) is 22.8. The third-order valence-corrected chi connectivity index (χ3v) is 15.3. The largest absolute Gasteiger partial charge is 0.481 e. The molecule has 0 fully saturated rings. The molecule has 0 saturated carbocycles. The van der Waals surface area contributed by atoms with Crippen LogP contribution in [0.1, 0.15) is 155 Å². The molecule has 8 aromatic rings. The summed E-state index contributed by atoms with van der Waals surface area (Å²) in [5, 5.41) is 14.7. The number of rotatable bonds is 33. The molecule has 4 aromatic heterocycles. The van der Waals surface area contributed by atoms with Gasteiger partial charge in [0.15, 0.2) is 0 Å². The molecular formula is C73H90N14O13. The molecule has 4 amide bonds. The van der Waals surface area contributed by atoms with Gasteiger partial charge in [-0.2, -0.15) is 9.98 Å². The molecule has 0 spiro atoms. The number of hydrogen-bond donors (Lipinski definition) is 5. The molecule has 0 aliphatic carbocycles. The van der Waals surface area contributed by atoms with Gasteiger partial charge in [0.25, 0.3) is 11.8 Å². The number of benzene rings is 4. The van der Waals surface area contributed by atoms with Crippen LogP contribution >= 0.6 is 0 Å². The van der Waals surface area contributed by atoms with Gasteiger partial charge in [0.05, 0.1) is 80.8 Å². The highest BCUT2D eigenvalue weighted by Crippen LogP contribution is 2.24. The number of fused-ring (bicyclic) bond motifs is 2. The Hall–Kier alpha value is -11.4. The van der Waals surface area contributed by atoms with Crippen LogP contribution in [0.3, 0.4) is 0 Å². The number of Topliss-reactive ketones (excluding diaryl/α,β-unsaturated/α-hetero) is 1. The minimum atomic E-state index is -0.916. The summed E-state index contributed by atoms with van der Waals surface area (Å²) in [7, 11) is 3.83. The number of amides is 4. The van der Waals surface area contributed by atoms with E-state index in [0.29, 0.717) is 71.2 Å². The van der Waals surface area contributed by atoms with E-state index >= 15 is 0 Å². The molecule has 0 aliphatic heterocycles. The molecule has 0 radical (unpaired) electrons. The number of ether oxygens (including phenoxy) is 4. The average Bonchev–Trinajstić information content (AvgIpc) is 1.62. The molecule has 0 aliphatic rings. The quantitative estimate of drug-likeness (QED) is 0.00838. The number of carboxylic acid groups (broad SMARTS) is 1. The minimum Gasteiger partial charge on any atom is -0.481 e. The lowest BCUT2D eigenvalue weighted by Crippen LogP contribution is -2.34. The number of aryl methyl sites for hydroxylation is 2. The van der Waals surface area contributed by atoms with Crippen LogP contribution in [0.4, 0.5) is 32.6 Å². The summed E-state index contributed by atoms with van der Waals surface area (Å²) in [6, 6.07) is 35.7. The summed E-state index contributed by atoms with van der Waals surface area (Å²) in [6.45, 7) is 11.4. The highest BCUT2D eigenvalue weighted by atomic mass is 16.6. The summed E-state index contributed by atoms with van der Waals surface area (Å²) in [4.78, 5) is 124. The van der Waals surface area contributed by atoms with Crippen molar-refractivity contribution in [2.45, 2.75) is 125 Å². The number of aromatic nitrogens is 6. The number of esters is 2. The highest BCUT2D eigenvalue weighted by Gasteiger charge is 2.24. The Morgan fingerprint density at radius 2 is 0.900 bits per heavy atom. The maximum atomic E-state index is 13.6. The molecule has 4 aromatic carbocycles. The number of ketones is 1. The molecule has 4 heterocycles. The van der Waals surface area contributed by atoms with E-state index in [1.165, 1.54) is 16.7 Å². The maximum absolute atomic E-state index is 13.6. The Bertz CT molecular complexity index is 3800. The van der Waals surface area contributed by atoms with Crippen LogP contribution in [0.15, 0.2) is 144 Å². The molecule has 8 rings (SSSR count). The Labute approximate surface area is 581 Å². The molecule has 0 unspecified atom stereocenters. The highest BCUT2D eigenvalue weighted by molar-refractivity contribution is 6.09. The first kappa shape index (κ1) is 77.6. The molecule has 27 heteroatoms. The van der Waals surface area contributed by atoms with Crippen LogP contribution in [0.5, 0.6) is 0 Å². The first-order valence-corrected chi connectivity index (χ1v) is 33.3. The fourth-order valence-electron chi connectivity index (χ4n) is 9.86. The molecule has 0 atom stereocenters. The van der Waals surface area contributed by atoms with Crippen molar-refractivity contribution in [2.24, 2.45) is 35.5 Å². The Kier molecular flexibility index (Phi) is 31.8. The third kappa shape index (κ3) is 24.9. The van der Waals surface area contributed by atoms with Crippen molar-refractivity contribution in [3.63, 3.8) is 0 Å². The van der Waals surface area contributed by atoms with Gasteiger partial charge in [-0.05, 0) is 143 Å². The molecular weight excluding hydrogens is 1280 g/mol. The van der Waals surface area contributed by atoms with Crippen LogP contribution < -0.4 is 31.9 Å². The summed E-state index contributed by atoms with van der Waals surface area (Å²) in [5.41, 5.74) is 18.8. The number of aliphatic imine (C=N–C) groups is 2. The van der Waals surface area contributed by atoms with Crippen LogP contribution in [0.2, 0.25) is 0 Å². The topological polar surface area (TPSA) is 362 Å². The fourth-order valence-corrected chi connectivity index (χ4v) is 9.86. The number of aliphatic carboxylic acids is 1. The Morgan fingerprint density at radius 3 is 1.24 bits per heavy atom. The number of imidazole rings is 2. The lowest BCUT2D eigenvalue weighted by atomic mass is 10.1. The molecule has 7 N–H and O–H groups in total. The second-order valence-corrected chi connectivity index (χ2v) is 22.8. The summed E-state index contributed by atoms with van der Waals surface area (Å²) in [6.07, 6.45) is 10.1. The minimum absolute atomic E-state index is 0.0455. The van der Waals surface area contributed by atoms with Gasteiger partial charge in [-0.1, -0.05) is 64.5 Å². The van der Waals surface area contributed by atoms with Crippen molar-refractivity contribution < 1.29 is 62.4 Å². The van der Waals surface area contributed by atoms with Crippen molar-refractivity contribution in [3.05, 3.63) is 168 Å². The summed E-state index contributed by atoms with van der Waals surface area (Å²) in [5.74, 6) is 0.247. The predicted molar refractivity (Wildman–Crippen MR) is 383 cm³/mol. The number of nitrogens with one attached hydrogen (secondary N) is 2. The number of nitrogens with zero attached hydrogens (tertiary/aromatic N) is 10. The van der Waals surface area contributed by atoms with E-state index in [0.717, 1.165) is 85.4 Å². The van der Waals surface area contributed by atoms with Crippen molar-refractivity contribution in [1.82, 2.24) is 29.1 Å². The standard InChI is InChI=1S/2C34H41N7O5.C5H8O3/c2*1-4-6-7-10-21-46-34(44)39-32(35)24-12-15-26(16-13-24)37-23-30-38-27-22-25(14-17-28(27)40(30)3)33(43)41(20-18-31(42)45-5-2)29-11-8-9-19-36-29;1-4(6)2-3-5(7)8/h2*8-9,11-17,19,22,37H,4-7,10,18,20-21,23H2,1-3H3,(H2,35,39,44);2-3H2,1H3,(H,7,8). The van der Waals surface area contributed by atoms with Crippen molar-refractivity contribution in [2.75, 3.05) is 60.0 Å². The van der Waals surface area contributed by atoms with Gasteiger partial charge < -0.3 is 60.1 Å². The number of anilines is 4. The third-order valence-electron chi connectivity index (χ3n) is 15.3. The lowest BCUT2D eigenvalue weighted by molar-refractivity contribution is -0.143. The van der Waals surface area contributed by atoms with Gasteiger partial charge in [0, 0.05) is 79.6 Å². The van der Waals surface area contributed by atoms with Crippen LogP contribution in [0, 0.1) is 0 Å². The van der Waals surface area contributed by atoms with Gasteiger partial charge in [-0.25, -0.2) is 29.5 Å². The number of carbonyl (C=O) groups excluding carboxylic acids is 7. The Morgan fingerprint density at radius 1 is 0.500 bits per heavy atom. The van der Waals surface area contributed by atoms with Gasteiger partial charge in [-0.15, -0.1) is 0 Å². The predicted octanol–water partition coefficient (Wildman–Crippen LogP) is 11.6. The lowest BCUT2D eigenvalue weighted by Gasteiger charge is -2.21.